The van der Waals surface area contributed by atoms with Gasteiger partial charge < -0.3 is 31.1 Å². The molecule has 202 valence electrons. The third-order valence-corrected chi connectivity index (χ3v) is 6.17. The maximum atomic E-state index is 13.0. The van der Waals surface area contributed by atoms with E-state index in [0.29, 0.717) is 22.5 Å². The molecule has 0 bridgehead atoms. The van der Waals surface area contributed by atoms with E-state index in [0.717, 1.165) is 31.6 Å². The zero-order valence-electron chi connectivity index (χ0n) is 21.8. The SMILES string of the molecule is CC(C)(C)OC(=O)n1c(NC2CCN(c3ccc(C(=O)NC(N)CC(=O)O)cc3)CC2)nc2ccccc21. The Balaban J connectivity index is 1.38. The number of ether oxygens (including phenoxy) is 1. The van der Waals surface area contributed by atoms with Gasteiger partial charge in [0, 0.05) is 30.4 Å². The lowest BCUT2D eigenvalue weighted by Gasteiger charge is -2.34. The average molecular weight is 523 g/mol. The molecule has 1 unspecified atom stereocenters. The van der Waals surface area contributed by atoms with Crippen LogP contribution in [-0.4, -0.2) is 63.5 Å². The number of aliphatic carboxylic acids is 1. The van der Waals surface area contributed by atoms with Crippen LogP contribution in [0.4, 0.5) is 16.4 Å². The first-order valence-electron chi connectivity index (χ1n) is 12.6. The maximum absolute atomic E-state index is 13.0. The van der Waals surface area contributed by atoms with Gasteiger partial charge in [0.15, 0.2) is 0 Å². The van der Waals surface area contributed by atoms with Crippen molar-refractivity contribution < 1.29 is 24.2 Å². The van der Waals surface area contributed by atoms with Crippen molar-refractivity contribution in [2.45, 2.75) is 57.8 Å². The summed E-state index contributed by atoms with van der Waals surface area (Å²) in [6, 6.07) is 14.7. The van der Waals surface area contributed by atoms with E-state index in [2.05, 4.69) is 20.5 Å². The van der Waals surface area contributed by atoms with E-state index in [4.69, 9.17) is 15.6 Å². The Morgan fingerprint density at radius 3 is 2.39 bits per heavy atom. The Kier molecular flexibility index (Phi) is 7.86. The van der Waals surface area contributed by atoms with Gasteiger partial charge in [0.1, 0.15) is 5.60 Å². The van der Waals surface area contributed by atoms with E-state index in [1.807, 2.05) is 57.2 Å². The van der Waals surface area contributed by atoms with Gasteiger partial charge in [-0.05, 0) is 70.0 Å². The molecule has 1 aliphatic heterocycles. The number of nitrogens with two attached hydrogens (primary N) is 1. The smallest absolute Gasteiger partial charge is 0.421 e. The fraction of sp³-hybridized carbons (Fsp3) is 0.407. The Labute approximate surface area is 221 Å². The van der Waals surface area contributed by atoms with Crippen molar-refractivity contribution in [2.75, 3.05) is 23.3 Å². The lowest BCUT2D eigenvalue weighted by molar-refractivity contribution is -0.137. The normalized spacial score (nSPS) is 15.2. The number of carboxylic acid groups (broad SMARTS) is 1. The molecule has 1 fully saturated rings. The van der Waals surface area contributed by atoms with Crippen LogP contribution in [0.3, 0.4) is 0 Å². The molecule has 2 aromatic carbocycles. The molecular formula is C27H34N6O5. The van der Waals surface area contributed by atoms with Gasteiger partial charge in [-0.1, -0.05) is 12.1 Å². The Morgan fingerprint density at radius 2 is 1.76 bits per heavy atom. The van der Waals surface area contributed by atoms with Crippen LogP contribution in [0.25, 0.3) is 11.0 Å². The van der Waals surface area contributed by atoms with Gasteiger partial charge in [0.05, 0.1) is 23.6 Å². The molecule has 5 N–H and O–H groups in total. The molecule has 11 heteroatoms. The summed E-state index contributed by atoms with van der Waals surface area (Å²) in [4.78, 5) is 42.9. The van der Waals surface area contributed by atoms with Crippen molar-refractivity contribution in [3.05, 3.63) is 54.1 Å². The summed E-state index contributed by atoms with van der Waals surface area (Å²) in [5, 5.41) is 14.7. The summed E-state index contributed by atoms with van der Waals surface area (Å²) in [6.45, 7) is 7.05. The first kappa shape index (κ1) is 26.9. The number of piperidine rings is 1. The molecule has 0 saturated carbocycles. The van der Waals surface area contributed by atoms with E-state index in [9.17, 15) is 14.4 Å². The molecule has 2 heterocycles. The number of carbonyl (C=O) groups is 3. The minimum absolute atomic E-state index is 0.116. The van der Waals surface area contributed by atoms with Gasteiger partial charge in [0.25, 0.3) is 5.91 Å². The molecule has 1 aliphatic rings. The molecule has 0 spiro atoms. The van der Waals surface area contributed by atoms with Gasteiger partial charge in [-0.15, -0.1) is 0 Å². The van der Waals surface area contributed by atoms with Crippen molar-refractivity contribution in [1.82, 2.24) is 14.9 Å². The van der Waals surface area contributed by atoms with E-state index < -0.39 is 29.7 Å². The van der Waals surface area contributed by atoms with Gasteiger partial charge in [-0.25, -0.2) is 14.3 Å². The van der Waals surface area contributed by atoms with Gasteiger partial charge in [-0.3, -0.25) is 9.59 Å². The van der Waals surface area contributed by atoms with Gasteiger partial charge in [-0.2, -0.15) is 0 Å². The topological polar surface area (TPSA) is 152 Å². The molecule has 0 radical (unpaired) electrons. The minimum Gasteiger partial charge on any atom is -0.481 e. The molecule has 0 aliphatic carbocycles. The number of nitrogens with zero attached hydrogens (tertiary/aromatic N) is 3. The quantitative estimate of drug-likeness (QED) is 0.342. The highest BCUT2D eigenvalue weighted by Gasteiger charge is 2.26. The summed E-state index contributed by atoms with van der Waals surface area (Å²) in [6.07, 6.45) is -0.122. The summed E-state index contributed by atoms with van der Waals surface area (Å²) in [5.41, 5.74) is 7.81. The van der Waals surface area contributed by atoms with Crippen LogP contribution >= 0.6 is 0 Å². The Bertz CT molecular complexity index is 1310. The summed E-state index contributed by atoms with van der Waals surface area (Å²) in [5.74, 6) is -1.02. The fourth-order valence-electron chi connectivity index (χ4n) is 4.39. The second-order valence-electron chi connectivity index (χ2n) is 10.4. The number of anilines is 2. The van der Waals surface area contributed by atoms with Crippen molar-refractivity contribution >= 4 is 40.6 Å². The van der Waals surface area contributed by atoms with Crippen LogP contribution in [0.15, 0.2) is 48.5 Å². The number of carbonyl (C=O) groups excluding carboxylic acids is 2. The standard InChI is InChI=1S/C27H34N6O5/c1-27(2,3)38-26(37)33-21-7-5-4-6-20(21)30-25(33)29-18-12-14-32(15-13-18)19-10-8-17(9-11-19)24(36)31-22(28)16-23(34)35/h4-11,18,22H,12-16,28H2,1-3H3,(H,29,30)(H,31,36)(H,34,35). The highest BCUT2D eigenvalue weighted by molar-refractivity contribution is 5.95. The Hall–Kier alpha value is -4.12. The summed E-state index contributed by atoms with van der Waals surface area (Å²) < 4.78 is 7.13. The fourth-order valence-corrected chi connectivity index (χ4v) is 4.39. The third kappa shape index (κ3) is 6.60. The summed E-state index contributed by atoms with van der Waals surface area (Å²) >= 11 is 0. The highest BCUT2D eigenvalue weighted by Crippen LogP contribution is 2.26. The van der Waals surface area contributed by atoms with Crippen molar-refractivity contribution in [2.24, 2.45) is 5.73 Å². The summed E-state index contributed by atoms with van der Waals surface area (Å²) in [7, 11) is 0. The Morgan fingerprint density at radius 1 is 1.11 bits per heavy atom. The van der Waals surface area contributed by atoms with E-state index >= 15 is 0 Å². The van der Waals surface area contributed by atoms with E-state index in [1.54, 1.807) is 12.1 Å². The zero-order chi connectivity index (χ0) is 27.4. The number of rotatable bonds is 7. The zero-order valence-corrected chi connectivity index (χ0v) is 21.8. The number of fused-ring (bicyclic) bond motifs is 1. The van der Waals surface area contributed by atoms with Crippen molar-refractivity contribution in [3.63, 3.8) is 0 Å². The number of aromatic nitrogens is 2. The van der Waals surface area contributed by atoms with Gasteiger partial charge >= 0.3 is 12.1 Å². The van der Waals surface area contributed by atoms with Crippen LogP contribution in [-0.2, 0) is 9.53 Å². The highest BCUT2D eigenvalue weighted by atomic mass is 16.6. The van der Waals surface area contributed by atoms with E-state index in [-0.39, 0.29) is 12.5 Å². The van der Waals surface area contributed by atoms with Gasteiger partial charge in [0.2, 0.25) is 5.95 Å². The maximum Gasteiger partial charge on any atom is 0.421 e. The van der Waals surface area contributed by atoms with Crippen LogP contribution < -0.4 is 21.3 Å². The number of hydrogen-bond donors (Lipinski definition) is 4. The predicted molar refractivity (Wildman–Crippen MR) is 144 cm³/mol. The van der Waals surface area contributed by atoms with Crippen LogP contribution in [0.2, 0.25) is 0 Å². The number of imidazole rings is 1. The lowest BCUT2D eigenvalue weighted by Crippen LogP contribution is -2.43. The monoisotopic (exact) mass is 522 g/mol. The number of benzene rings is 2. The number of carboxylic acids is 1. The molecule has 3 aromatic rings. The minimum atomic E-state index is -1.08. The molecule has 11 nitrogen and oxygen atoms in total. The molecule has 1 amide bonds. The molecule has 1 aromatic heterocycles. The molecule has 1 saturated heterocycles. The van der Waals surface area contributed by atoms with E-state index in [1.165, 1.54) is 4.57 Å². The first-order valence-corrected chi connectivity index (χ1v) is 12.6. The second-order valence-corrected chi connectivity index (χ2v) is 10.4. The average Bonchev–Trinajstić information content (AvgIpc) is 3.21. The predicted octanol–water partition coefficient (Wildman–Crippen LogP) is 3.39. The largest absolute Gasteiger partial charge is 0.481 e. The van der Waals surface area contributed by atoms with Crippen molar-refractivity contribution in [1.29, 1.82) is 0 Å². The number of nitrogens with one attached hydrogen (secondary N) is 2. The molecule has 38 heavy (non-hydrogen) atoms. The van der Waals surface area contributed by atoms with Crippen LogP contribution in [0, 0.1) is 0 Å². The number of amides is 1. The molecular weight excluding hydrogens is 488 g/mol. The first-order chi connectivity index (χ1) is 18.0. The lowest BCUT2D eigenvalue weighted by atomic mass is 10.0. The number of hydrogen-bond acceptors (Lipinski definition) is 8. The van der Waals surface area contributed by atoms with Crippen LogP contribution in [0.5, 0.6) is 0 Å². The van der Waals surface area contributed by atoms with Crippen molar-refractivity contribution in [3.8, 4) is 0 Å². The second kappa shape index (κ2) is 11.1. The van der Waals surface area contributed by atoms with Crippen LogP contribution in [0.1, 0.15) is 50.4 Å². The number of para-hydroxylation sites is 2. The molecule has 4 rings (SSSR count). The third-order valence-electron chi connectivity index (χ3n) is 6.17. The molecule has 1 atom stereocenters.